The van der Waals surface area contributed by atoms with Crippen LogP contribution in [0.15, 0.2) is 18.2 Å². The van der Waals surface area contributed by atoms with E-state index < -0.39 is 0 Å². The molecule has 0 aliphatic carbocycles. The minimum absolute atomic E-state index is 0.0458. The number of carbonyl (C=O) groups excluding carboxylic acids is 1. The maximum Gasteiger partial charge on any atom is 0.252 e. The van der Waals surface area contributed by atoms with E-state index in [-0.39, 0.29) is 11.7 Å². The van der Waals surface area contributed by atoms with Crippen molar-refractivity contribution >= 4 is 40.1 Å². The second kappa shape index (κ2) is 7.76. The van der Waals surface area contributed by atoms with Gasteiger partial charge in [0.15, 0.2) is 0 Å². The Bertz CT molecular complexity index is 385. The summed E-state index contributed by atoms with van der Waals surface area (Å²) < 4.78 is 1.14. The minimum atomic E-state index is -0.236. The molecule has 0 aromatic heterocycles. The van der Waals surface area contributed by atoms with Gasteiger partial charge in [-0.2, -0.15) is 0 Å². The molecule has 17 heavy (non-hydrogen) atoms. The van der Waals surface area contributed by atoms with Crippen LogP contribution in [-0.4, -0.2) is 22.0 Å². The number of alkyl halides is 1. The van der Waals surface area contributed by atoms with Crippen LogP contribution in [0.3, 0.4) is 0 Å². The van der Waals surface area contributed by atoms with E-state index in [1.165, 1.54) is 24.6 Å². The van der Waals surface area contributed by atoms with Crippen molar-refractivity contribution in [3.63, 3.8) is 0 Å². The molecule has 0 radical (unpaired) electrons. The van der Waals surface area contributed by atoms with Gasteiger partial charge in [0.2, 0.25) is 0 Å². The van der Waals surface area contributed by atoms with Crippen molar-refractivity contribution in [1.29, 1.82) is 0 Å². The second-order valence-electron chi connectivity index (χ2n) is 3.67. The zero-order valence-electron chi connectivity index (χ0n) is 9.38. The Morgan fingerprint density at radius 1 is 1.35 bits per heavy atom. The lowest BCUT2D eigenvalue weighted by atomic mass is 10.2. The quantitative estimate of drug-likeness (QED) is 0.460. The highest BCUT2D eigenvalue weighted by Crippen LogP contribution is 2.20. The van der Waals surface area contributed by atoms with Gasteiger partial charge in [-0.25, -0.2) is 0 Å². The first-order valence-electron chi connectivity index (χ1n) is 5.48. The number of nitrogens with one attached hydrogen (secondary N) is 1. The second-order valence-corrected chi connectivity index (χ2v) is 5.16. The number of carbonyl (C=O) groups is 1. The first-order valence-corrected chi connectivity index (χ1v) is 7.38. The van der Waals surface area contributed by atoms with Crippen LogP contribution in [0, 0.1) is 0 Å². The van der Waals surface area contributed by atoms with Crippen molar-refractivity contribution in [2.24, 2.45) is 0 Å². The predicted molar refractivity (Wildman–Crippen MR) is 78.2 cm³/mol. The Labute approximate surface area is 120 Å². The van der Waals surface area contributed by atoms with Gasteiger partial charge in [0.1, 0.15) is 5.75 Å². The number of unbranched alkanes of at least 4 members (excludes halogenated alkanes) is 2. The first kappa shape index (κ1) is 14.6. The number of amides is 1. The lowest BCUT2D eigenvalue weighted by molar-refractivity contribution is 0.0952. The Kier molecular flexibility index (Phi) is 6.65. The molecule has 0 aliphatic heterocycles. The normalized spacial score (nSPS) is 10.2. The van der Waals surface area contributed by atoms with Gasteiger partial charge in [-0.05, 0) is 35.5 Å². The van der Waals surface area contributed by atoms with E-state index in [1.54, 1.807) is 0 Å². The van der Waals surface area contributed by atoms with Crippen LogP contribution in [0.4, 0.5) is 0 Å². The lowest BCUT2D eigenvalue weighted by Gasteiger charge is -2.06. The molecule has 2 N–H and O–H groups in total. The summed E-state index contributed by atoms with van der Waals surface area (Å²) in [6, 6.07) is 4.35. The highest BCUT2D eigenvalue weighted by atomic mass is 127. The smallest absolute Gasteiger partial charge is 0.252 e. The molecule has 0 heterocycles. The maximum atomic E-state index is 11.7. The fourth-order valence-electron chi connectivity index (χ4n) is 1.38. The van der Waals surface area contributed by atoms with Crippen LogP contribution in [0.25, 0.3) is 0 Å². The third-order valence-corrected chi connectivity index (χ3v) is 3.38. The van der Waals surface area contributed by atoms with Gasteiger partial charge in [0.05, 0.1) is 10.6 Å². The van der Waals surface area contributed by atoms with E-state index in [9.17, 15) is 9.90 Å². The summed E-state index contributed by atoms with van der Waals surface area (Å²) in [6.07, 6.45) is 3.24. The molecule has 1 aromatic rings. The predicted octanol–water partition coefficient (Wildman–Crippen LogP) is 3.38. The van der Waals surface area contributed by atoms with Gasteiger partial charge in [-0.1, -0.05) is 40.6 Å². The van der Waals surface area contributed by atoms with E-state index in [1.807, 2.05) is 0 Å². The van der Waals surface area contributed by atoms with Gasteiger partial charge in [0, 0.05) is 6.54 Å². The molecule has 1 amide bonds. The van der Waals surface area contributed by atoms with Gasteiger partial charge >= 0.3 is 0 Å². The van der Waals surface area contributed by atoms with Crippen molar-refractivity contribution < 1.29 is 9.90 Å². The largest absolute Gasteiger partial charge is 0.508 e. The average molecular weight is 368 g/mol. The summed E-state index contributed by atoms with van der Waals surface area (Å²) in [4.78, 5) is 11.7. The lowest BCUT2D eigenvalue weighted by Crippen LogP contribution is -2.24. The van der Waals surface area contributed by atoms with Crippen molar-refractivity contribution in [2.75, 3.05) is 11.0 Å². The number of phenolic OH excluding ortho intramolecular Hbond substituents is 1. The van der Waals surface area contributed by atoms with Gasteiger partial charge < -0.3 is 10.4 Å². The summed E-state index contributed by atoms with van der Waals surface area (Å²) in [5, 5.41) is 12.4. The molecule has 3 nitrogen and oxygen atoms in total. The Morgan fingerprint density at radius 2 is 2.12 bits per heavy atom. The first-order chi connectivity index (χ1) is 8.15. The summed E-state index contributed by atoms with van der Waals surface area (Å²) in [7, 11) is 0. The van der Waals surface area contributed by atoms with E-state index in [0.29, 0.717) is 17.1 Å². The molecule has 1 rings (SSSR count). The van der Waals surface area contributed by atoms with Crippen molar-refractivity contribution in [1.82, 2.24) is 5.32 Å². The average Bonchev–Trinajstić information content (AvgIpc) is 2.32. The molecule has 0 bridgehead atoms. The fraction of sp³-hybridized carbons (Fsp3) is 0.417. The highest BCUT2D eigenvalue weighted by molar-refractivity contribution is 14.1. The molecule has 94 valence electrons. The summed E-state index contributed by atoms with van der Waals surface area (Å²) in [6.45, 7) is 0.640. The Morgan fingerprint density at radius 3 is 2.82 bits per heavy atom. The van der Waals surface area contributed by atoms with Crippen molar-refractivity contribution in [3.05, 3.63) is 28.8 Å². The van der Waals surface area contributed by atoms with Gasteiger partial charge in [-0.15, -0.1) is 0 Å². The van der Waals surface area contributed by atoms with Gasteiger partial charge in [-0.3, -0.25) is 4.79 Å². The van der Waals surface area contributed by atoms with Crippen LogP contribution >= 0.6 is 34.2 Å². The molecule has 0 aliphatic rings. The Balaban J connectivity index is 2.44. The maximum absolute atomic E-state index is 11.7. The Hall–Kier alpha value is -0.490. The number of phenols is 1. The molecule has 0 atom stereocenters. The van der Waals surface area contributed by atoms with E-state index in [2.05, 4.69) is 27.9 Å². The monoisotopic (exact) mass is 367 g/mol. The molecule has 0 saturated heterocycles. The molecular formula is C12H15ClINO2. The molecule has 5 heteroatoms. The number of hydrogen-bond acceptors (Lipinski definition) is 2. The van der Waals surface area contributed by atoms with Crippen LogP contribution in [-0.2, 0) is 0 Å². The number of halogens is 2. The van der Waals surface area contributed by atoms with Crippen LogP contribution in [0.2, 0.25) is 5.02 Å². The number of hydrogen-bond donors (Lipinski definition) is 2. The number of benzene rings is 1. The summed E-state index contributed by atoms with van der Waals surface area (Å²) in [5.41, 5.74) is 0.320. The summed E-state index contributed by atoms with van der Waals surface area (Å²) >= 11 is 8.22. The fourth-order valence-corrected chi connectivity index (χ4v) is 2.12. The molecule has 0 saturated carbocycles. The third kappa shape index (κ3) is 5.12. The molecular weight excluding hydrogens is 352 g/mol. The molecule has 0 spiro atoms. The number of aromatic hydroxyl groups is 1. The van der Waals surface area contributed by atoms with E-state index in [4.69, 9.17) is 11.6 Å². The highest BCUT2D eigenvalue weighted by Gasteiger charge is 2.10. The molecule has 0 fully saturated rings. The SMILES string of the molecule is O=C(NCCCCCI)c1cc(O)ccc1Cl. The van der Waals surface area contributed by atoms with Gasteiger partial charge in [0.25, 0.3) is 5.91 Å². The zero-order valence-corrected chi connectivity index (χ0v) is 12.3. The standard InChI is InChI=1S/C12H15ClINO2/c13-11-5-4-9(16)8-10(11)12(17)15-7-3-1-2-6-14/h4-5,8,16H,1-3,6-7H2,(H,15,17). The van der Waals surface area contributed by atoms with Crippen LogP contribution < -0.4 is 5.32 Å². The van der Waals surface area contributed by atoms with Crippen molar-refractivity contribution in [2.45, 2.75) is 19.3 Å². The van der Waals surface area contributed by atoms with Crippen molar-refractivity contribution in [3.8, 4) is 5.75 Å². The topological polar surface area (TPSA) is 49.3 Å². The minimum Gasteiger partial charge on any atom is -0.508 e. The van der Waals surface area contributed by atoms with E-state index in [0.717, 1.165) is 17.3 Å². The van der Waals surface area contributed by atoms with Crippen LogP contribution in [0.5, 0.6) is 5.75 Å². The summed E-state index contributed by atoms with van der Waals surface area (Å²) in [5.74, 6) is -0.190. The van der Waals surface area contributed by atoms with Crippen LogP contribution in [0.1, 0.15) is 29.6 Å². The molecule has 0 unspecified atom stereocenters. The number of rotatable bonds is 6. The molecule has 1 aromatic carbocycles. The third-order valence-electron chi connectivity index (χ3n) is 2.29. The zero-order chi connectivity index (χ0) is 12.7. The van der Waals surface area contributed by atoms with E-state index >= 15 is 0 Å².